The highest BCUT2D eigenvalue weighted by atomic mass is 16.7. The predicted octanol–water partition coefficient (Wildman–Crippen LogP) is 1.07. The first-order valence-corrected chi connectivity index (χ1v) is 6.60. The minimum absolute atomic E-state index is 0.0726. The first-order chi connectivity index (χ1) is 8.86. The Bertz CT molecular complexity index is 481. The quantitative estimate of drug-likeness (QED) is 0.741. The van der Waals surface area contributed by atoms with Crippen molar-refractivity contribution in [3.8, 4) is 0 Å². The van der Waals surface area contributed by atoms with Gasteiger partial charge in [0.15, 0.2) is 5.60 Å². The van der Waals surface area contributed by atoms with Gasteiger partial charge in [0.1, 0.15) is 12.0 Å². The van der Waals surface area contributed by atoms with Gasteiger partial charge in [-0.3, -0.25) is 4.90 Å². The van der Waals surface area contributed by atoms with Crippen molar-refractivity contribution in [1.82, 2.24) is 14.9 Å². The minimum atomic E-state index is -0.0726. The van der Waals surface area contributed by atoms with E-state index in [1.807, 2.05) is 6.07 Å². The molecule has 1 aromatic heterocycles. The van der Waals surface area contributed by atoms with Gasteiger partial charge < -0.3 is 4.84 Å². The summed E-state index contributed by atoms with van der Waals surface area (Å²) in [6, 6.07) is 1.91. The molecule has 4 aliphatic rings. The number of fused-ring (bicyclic) bond motifs is 2. The van der Waals surface area contributed by atoms with E-state index in [1.165, 1.54) is 25.9 Å². The van der Waals surface area contributed by atoms with Crippen molar-refractivity contribution < 1.29 is 4.84 Å². The molecule has 3 fully saturated rings. The maximum atomic E-state index is 5.87. The van der Waals surface area contributed by atoms with E-state index in [1.54, 1.807) is 12.5 Å². The van der Waals surface area contributed by atoms with E-state index in [2.05, 4.69) is 20.0 Å². The van der Waals surface area contributed by atoms with Crippen LogP contribution in [0, 0.1) is 5.92 Å². The van der Waals surface area contributed by atoms with Gasteiger partial charge in [-0.1, -0.05) is 5.16 Å². The van der Waals surface area contributed by atoms with Crippen molar-refractivity contribution in [3.05, 3.63) is 24.3 Å². The first-order valence-electron chi connectivity index (χ1n) is 6.60. The fourth-order valence-electron chi connectivity index (χ4n) is 3.52. The molecule has 4 aliphatic heterocycles. The summed E-state index contributed by atoms with van der Waals surface area (Å²) in [5, 5.41) is 4.30. The van der Waals surface area contributed by atoms with E-state index in [-0.39, 0.29) is 5.60 Å². The molecule has 0 radical (unpaired) electrons. The van der Waals surface area contributed by atoms with Crippen molar-refractivity contribution in [1.29, 1.82) is 0 Å². The summed E-state index contributed by atoms with van der Waals surface area (Å²) in [7, 11) is 0. The van der Waals surface area contributed by atoms with Gasteiger partial charge in [-0.25, -0.2) is 9.97 Å². The van der Waals surface area contributed by atoms with E-state index >= 15 is 0 Å². The van der Waals surface area contributed by atoms with Crippen molar-refractivity contribution >= 4 is 5.71 Å². The molecule has 1 unspecified atom stereocenters. The molecule has 0 amide bonds. The van der Waals surface area contributed by atoms with Crippen molar-refractivity contribution in [2.75, 3.05) is 19.6 Å². The lowest BCUT2D eigenvalue weighted by atomic mass is 9.73. The maximum Gasteiger partial charge on any atom is 0.158 e. The number of hydrogen-bond acceptors (Lipinski definition) is 5. The average Bonchev–Trinajstić information content (AvgIpc) is 2.85. The normalized spacial score (nSPS) is 37.7. The third-order valence-corrected chi connectivity index (χ3v) is 4.50. The molecule has 5 heterocycles. The Kier molecular flexibility index (Phi) is 2.17. The molecule has 3 saturated heterocycles. The van der Waals surface area contributed by atoms with Crippen LogP contribution in [0.1, 0.15) is 25.0 Å². The summed E-state index contributed by atoms with van der Waals surface area (Å²) < 4.78 is 0. The van der Waals surface area contributed by atoms with Gasteiger partial charge in [0.2, 0.25) is 0 Å². The Morgan fingerprint density at radius 3 is 2.89 bits per heavy atom. The summed E-state index contributed by atoms with van der Waals surface area (Å²) >= 11 is 0. The Labute approximate surface area is 106 Å². The van der Waals surface area contributed by atoms with Crippen LogP contribution in [0.25, 0.3) is 0 Å². The largest absolute Gasteiger partial charge is 0.387 e. The fraction of sp³-hybridized carbons (Fsp3) is 0.615. The zero-order chi connectivity index (χ0) is 12.0. The second-order valence-electron chi connectivity index (χ2n) is 5.52. The van der Waals surface area contributed by atoms with Crippen LogP contribution >= 0.6 is 0 Å². The first kappa shape index (κ1) is 10.4. The second kappa shape index (κ2) is 3.75. The number of hydrogen-bond donors (Lipinski definition) is 0. The summed E-state index contributed by atoms with van der Waals surface area (Å²) in [6.07, 6.45) is 6.70. The Morgan fingerprint density at radius 1 is 1.33 bits per heavy atom. The van der Waals surface area contributed by atoms with Gasteiger partial charge in [-0.05, 0) is 32.0 Å². The predicted molar refractivity (Wildman–Crippen MR) is 66.2 cm³/mol. The van der Waals surface area contributed by atoms with Crippen molar-refractivity contribution in [2.45, 2.75) is 24.9 Å². The zero-order valence-electron chi connectivity index (χ0n) is 10.2. The van der Waals surface area contributed by atoms with E-state index in [0.717, 1.165) is 24.4 Å². The SMILES string of the molecule is c1cc(C2=NOC3(C2)CN2CCC3CC2)ncn1. The summed E-state index contributed by atoms with van der Waals surface area (Å²) in [5.41, 5.74) is 1.81. The molecular weight excluding hydrogens is 228 g/mol. The third-order valence-electron chi connectivity index (χ3n) is 4.50. The third kappa shape index (κ3) is 1.47. The highest BCUT2D eigenvalue weighted by Crippen LogP contribution is 2.43. The molecule has 1 aromatic rings. The number of rotatable bonds is 1. The summed E-state index contributed by atoms with van der Waals surface area (Å²) in [5.74, 6) is 0.658. The van der Waals surface area contributed by atoms with Crippen LogP contribution in [-0.2, 0) is 4.84 Å². The molecule has 94 valence electrons. The van der Waals surface area contributed by atoms with Crippen LogP contribution in [-0.4, -0.2) is 45.8 Å². The van der Waals surface area contributed by atoms with E-state index in [4.69, 9.17) is 4.84 Å². The van der Waals surface area contributed by atoms with Crippen molar-refractivity contribution in [3.63, 3.8) is 0 Å². The minimum Gasteiger partial charge on any atom is -0.387 e. The highest BCUT2D eigenvalue weighted by Gasteiger charge is 2.52. The lowest BCUT2D eigenvalue weighted by Gasteiger charge is -2.49. The topological polar surface area (TPSA) is 50.6 Å². The molecule has 1 atom stereocenters. The molecule has 1 spiro atoms. The van der Waals surface area contributed by atoms with Crippen molar-refractivity contribution in [2.24, 2.45) is 11.1 Å². The van der Waals surface area contributed by atoms with E-state index in [0.29, 0.717) is 5.92 Å². The summed E-state index contributed by atoms with van der Waals surface area (Å²) in [4.78, 5) is 16.6. The molecule has 2 bridgehead atoms. The van der Waals surface area contributed by atoms with Crippen LogP contribution < -0.4 is 0 Å². The molecule has 0 saturated carbocycles. The van der Waals surface area contributed by atoms with E-state index in [9.17, 15) is 0 Å². The number of oxime groups is 1. The van der Waals surface area contributed by atoms with Gasteiger partial charge in [-0.2, -0.15) is 0 Å². The van der Waals surface area contributed by atoms with Crippen LogP contribution in [0.3, 0.4) is 0 Å². The maximum absolute atomic E-state index is 5.87. The summed E-state index contributed by atoms with van der Waals surface area (Å²) in [6.45, 7) is 3.47. The molecule has 5 rings (SSSR count). The second-order valence-corrected chi connectivity index (χ2v) is 5.52. The molecule has 0 aliphatic carbocycles. The standard InChI is InChI=1S/C13H16N4O/c1-4-14-9-15-11(1)12-7-13(18-16-12)8-17-5-2-10(13)3-6-17/h1,4,9-10H,2-3,5-8H2. The highest BCUT2D eigenvalue weighted by molar-refractivity contribution is 6.00. The van der Waals surface area contributed by atoms with Crippen LogP contribution in [0.2, 0.25) is 0 Å². The lowest BCUT2D eigenvalue weighted by molar-refractivity contribution is -0.136. The molecule has 0 aromatic carbocycles. The van der Waals surface area contributed by atoms with Gasteiger partial charge in [0.25, 0.3) is 0 Å². The molecule has 0 N–H and O–H groups in total. The van der Waals surface area contributed by atoms with Crippen LogP contribution in [0.5, 0.6) is 0 Å². The van der Waals surface area contributed by atoms with E-state index < -0.39 is 0 Å². The molecule has 18 heavy (non-hydrogen) atoms. The Balaban J connectivity index is 1.59. The molecule has 5 heteroatoms. The fourth-order valence-corrected chi connectivity index (χ4v) is 3.52. The van der Waals surface area contributed by atoms with Gasteiger partial charge in [0, 0.05) is 25.1 Å². The zero-order valence-corrected chi connectivity index (χ0v) is 10.2. The Morgan fingerprint density at radius 2 is 2.22 bits per heavy atom. The molecular formula is C13H16N4O. The number of piperidine rings is 3. The number of aromatic nitrogens is 2. The van der Waals surface area contributed by atoms with Crippen LogP contribution in [0.15, 0.2) is 23.7 Å². The monoisotopic (exact) mass is 244 g/mol. The average molecular weight is 244 g/mol. The van der Waals surface area contributed by atoms with Crippen LogP contribution in [0.4, 0.5) is 0 Å². The van der Waals surface area contributed by atoms with Gasteiger partial charge in [0.05, 0.1) is 5.69 Å². The Hall–Kier alpha value is -1.49. The number of nitrogens with zero attached hydrogens (tertiary/aromatic N) is 4. The molecule has 5 nitrogen and oxygen atoms in total. The lowest BCUT2D eigenvalue weighted by Crippen LogP contribution is -2.59. The smallest absolute Gasteiger partial charge is 0.158 e. The van der Waals surface area contributed by atoms with Gasteiger partial charge >= 0.3 is 0 Å². The van der Waals surface area contributed by atoms with Gasteiger partial charge in [-0.15, -0.1) is 0 Å².